The Morgan fingerprint density at radius 1 is 0.852 bits per heavy atom. The van der Waals surface area contributed by atoms with Gasteiger partial charge in [0.05, 0.1) is 17.5 Å². The van der Waals surface area contributed by atoms with E-state index in [1.165, 1.54) is 12.1 Å². The number of aromatic carboxylic acids is 1. The SMILES string of the molecule is O=C(O)c1ccccc1C(=O)N1CCN(C(=O)Cc2ccc(Cl)cc2)CC1. The highest BCUT2D eigenvalue weighted by atomic mass is 35.5. The van der Waals surface area contributed by atoms with Crippen LogP contribution in [0.4, 0.5) is 0 Å². The molecule has 1 N–H and O–H groups in total. The fourth-order valence-corrected chi connectivity index (χ4v) is 3.20. The minimum Gasteiger partial charge on any atom is -0.478 e. The van der Waals surface area contributed by atoms with E-state index < -0.39 is 5.97 Å². The van der Waals surface area contributed by atoms with Gasteiger partial charge < -0.3 is 14.9 Å². The van der Waals surface area contributed by atoms with Crippen LogP contribution in [0, 0.1) is 0 Å². The number of hydrogen-bond acceptors (Lipinski definition) is 3. The maximum absolute atomic E-state index is 12.7. The van der Waals surface area contributed by atoms with E-state index >= 15 is 0 Å². The molecule has 0 unspecified atom stereocenters. The summed E-state index contributed by atoms with van der Waals surface area (Å²) in [5.74, 6) is -1.45. The van der Waals surface area contributed by atoms with Crippen LogP contribution in [-0.2, 0) is 11.2 Å². The van der Waals surface area contributed by atoms with Crippen LogP contribution in [0.5, 0.6) is 0 Å². The lowest BCUT2D eigenvalue weighted by Gasteiger charge is -2.35. The Bertz CT molecular complexity index is 859. The summed E-state index contributed by atoms with van der Waals surface area (Å²) in [5, 5.41) is 9.88. The molecule has 0 bridgehead atoms. The van der Waals surface area contributed by atoms with Gasteiger partial charge in [-0.05, 0) is 29.8 Å². The van der Waals surface area contributed by atoms with Gasteiger partial charge in [0, 0.05) is 31.2 Å². The second-order valence-electron chi connectivity index (χ2n) is 6.33. The van der Waals surface area contributed by atoms with Crippen LogP contribution in [0.3, 0.4) is 0 Å². The molecule has 1 fully saturated rings. The van der Waals surface area contributed by atoms with Crippen molar-refractivity contribution in [1.82, 2.24) is 9.80 Å². The third-order valence-electron chi connectivity index (χ3n) is 4.58. The molecule has 2 aromatic carbocycles. The van der Waals surface area contributed by atoms with E-state index in [1.807, 2.05) is 12.1 Å². The number of piperazine rings is 1. The molecule has 2 amide bonds. The van der Waals surface area contributed by atoms with Gasteiger partial charge in [-0.1, -0.05) is 35.9 Å². The third-order valence-corrected chi connectivity index (χ3v) is 4.83. The molecule has 7 heteroatoms. The van der Waals surface area contributed by atoms with Gasteiger partial charge in [0.25, 0.3) is 5.91 Å². The minimum absolute atomic E-state index is 0.00430. The zero-order chi connectivity index (χ0) is 19.4. The number of nitrogens with zero attached hydrogens (tertiary/aromatic N) is 2. The number of carbonyl (C=O) groups excluding carboxylic acids is 2. The molecule has 0 atom stereocenters. The highest BCUT2D eigenvalue weighted by molar-refractivity contribution is 6.30. The predicted molar refractivity (Wildman–Crippen MR) is 101 cm³/mol. The van der Waals surface area contributed by atoms with Crippen LogP contribution >= 0.6 is 11.6 Å². The smallest absolute Gasteiger partial charge is 0.336 e. The van der Waals surface area contributed by atoms with Crippen molar-refractivity contribution < 1.29 is 19.5 Å². The zero-order valence-electron chi connectivity index (χ0n) is 14.6. The molecule has 1 saturated heterocycles. The van der Waals surface area contributed by atoms with Crippen molar-refractivity contribution in [2.24, 2.45) is 0 Å². The Kier molecular flexibility index (Phi) is 5.76. The van der Waals surface area contributed by atoms with E-state index in [0.717, 1.165) is 5.56 Å². The average molecular weight is 387 g/mol. The van der Waals surface area contributed by atoms with Crippen LogP contribution in [0.25, 0.3) is 0 Å². The summed E-state index contributed by atoms with van der Waals surface area (Å²) in [7, 11) is 0. The molecule has 27 heavy (non-hydrogen) atoms. The largest absolute Gasteiger partial charge is 0.478 e. The molecular formula is C20H19ClN2O4. The molecular weight excluding hydrogens is 368 g/mol. The van der Waals surface area contributed by atoms with Crippen molar-refractivity contribution in [1.29, 1.82) is 0 Å². The molecule has 0 spiro atoms. The van der Waals surface area contributed by atoms with Gasteiger partial charge in [-0.15, -0.1) is 0 Å². The summed E-state index contributed by atoms with van der Waals surface area (Å²) in [4.78, 5) is 39.8. The molecule has 0 saturated carbocycles. The summed E-state index contributed by atoms with van der Waals surface area (Å²) >= 11 is 5.85. The van der Waals surface area contributed by atoms with Crippen LogP contribution in [0.2, 0.25) is 5.02 Å². The zero-order valence-corrected chi connectivity index (χ0v) is 15.4. The molecule has 1 aliphatic heterocycles. The first-order chi connectivity index (χ1) is 13.0. The van der Waals surface area contributed by atoms with Gasteiger partial charge in [-0.2, -0.15) is 0 Å². The Balaban J connectivity index is 1.60. The molecule has 140 valence electrons. The summed E-state index contributed by atoms with van der Waals surface area (Å²) in [6.45, 7) is 1.60. The summed E-state index contributed by atoms with van der Waals surface area (Å²) in [6, 6.07) is 13.3. The topological polar surface area (TPSA) is 77.9 Å². The number of amides is 2. The number of rotatable bonds is 4. The Morgan fingerprint density at radius 2 is 1.41 bits per heavy atom. The van der Waals surface area contributed by atoms with Gasteiger partial charge in [0.1, 0.15) is 0 Å². The molecule has 0 radical (unpaired) electrons. The molecule has 1 heterocycles. The van der Waals surface area contributed by atoms with Gasteiger partial charge >= 0.3 is 5.97 Å². The van der Waals surface area contributed by atoms with Crippen LogP contribution in [0.15, 0.2) is 48.5 Å². The van der Waals surface area contributed by atoms with Crippen molar-refractivity contribution >= 4 is 29.4 Å². The van der Waals surface area contributed by atoms with Gasteiger partial charge in [0.15, 0.2) is 0 Å². The van der Waals surface area contributed by atoms with E-state index in [2.05, 4.69) is 0 Å². The normalized spacial score (nSPS) is 14.1. The Labute approximate surface area is 162 Å². The second kappa shape index (κ2) is 8.22. The van der Waals surface area contributed by atoms with Crippen molar-refractivity contribution in [3.8, 4) is 0 Å². The first-order valence-corrected chi connectivity index (χ1v) is 8.97. The number of carboxylic acids is 1. The van der Waals surface area contributed by atoms with Crippen molar-refractivity contribution in [2.45, 2.75) is 6.42 Å². The van der Waals surface area contributed by atoms with E-state index in [1.54, 1.807) is 34.1 Å². The maximum atomic E-state index is 12.7. The fraction of sp³-hybridized carbons (Fsp3) is 0.250. The van der Waals surface area contributed by atoms with Crippen molar-refractivity contribution in [3.05, 3.63) is 70.2 Å². The fourth-order valence-electron chi connectivity index (χ4n) is 3.07. The van der Waals surface area contributed by atoms with Crippen molar-refractivity contribution in [2.75, 3.05) is 26.2 Å². The first kappa shape index (κ1) is 18.9. The second-order valence-corrected chi connectivity index (χ2v) is 6.76. The van der Waals surface area contributed by atoms with Crippen LogP contribution in [-0.4, -0.2) is 58.9 Å². The summed E-state index contributed by atoms with van der Waals surface area (Å²) in [6.07, 6.45) is 0.285. The van der Waals surface area contributed by atoms with Gasteiger partial charge in [-0.25, -0.2) is 4.79 Å². The third kappa shape index (κ3) is 4.46. The standard InChI is InChI=1S/C20H19ClN2O4/c21-15-7-5-14(6-8-15)13-18(24)22-9-11-23(12-10-22)19(25)16-3-1-2-4-17(16)20(26)27/h1-8H,9-13H2,(H,26,27). The lowest BCUT2D eigenvalue weighted by Crippen LogP contribution is -2.51. The number of carbonyl (C=O) groups is 3. The van der Waals surface area contributed by atoms with E-state index in [-0.39, 0.29) is 29.4 Å². The van der Waals surface area contributed by atoms with Gasteiger partial charge in [-0.3, -0.25) is 9.59 Å². The number of benzene rings is 2. The highest BCUT2D eigenvalue weighted by Gasteiger charge is 2.27. The van der Waals surface area contributed by atoms with Crippen LogP contribution < -0.4 is 0 Å². The molecule has 0 aromatic heterocycles. The molecule has 0 aliphatic carbocycles. The van der Waals surface area contributed by atoms with Gasteiger partial charge in [0.2, 0.25) is 5.91 Å². The lowest BCUT2D eigenvalue weighted by molar-refractivity contribution is -0.131. The highest BCUT2D eigenvalue weighted by Crippen LogP contribution is 2.15. The van der Waals surface area contributed by atoms with E-state index in [0.29, 0.717) is 31.2 Å². The number of halogens is 1. The number of hydrogen-bond donors (Lipinski definition) is 1. The predicted octanol–water partition coefficient (Wildman–Crippen LogP) is 2.57. The van der Waals surface area contributed by atoms with Crippen LogP contribution in [0.1, 0.15) is 26.3 Å². The summed E-state index contributed by atoms with van der Waals surface area (Å²) in [5.41, 5.74) is 1.05. The molecule has 3 rings (SSSR count). The monoisotopic (exact) mass is 386 g/mol. The summed E-state index contributed by atoms with van der Waals surface area (Å²) < 4.78 is 0. The quantitative estimate of drug-likeness (QED) is 0.876. The Hall–Kier alpha value is -2.86. The lowest BCUT2D eigenvalue weighted by atomic mass is 10.1. The van der Waals surface area contributed by atoms with Crippen molar-refractivity contribution in [3.63, 3.8) is 0 Å². The van der Waals surface area contributed by atoms with E-state index in [4.69, 9.17) is 11.6 Å². The first-order valence-electron chi connectivity index (χ1n) is 8.59. The molecule has 2 aromatic rings. The molecule has 1 aliphatic rings. The minimum atomic E-state index is -1.13. The maximum Gasteiger partial charge on any atom is 0.336 e. The number of carboxylic acid groups (broad SMARTS) is 1. The Morgan fingerprint density at radius 3 is 2.00 bits per heavy atom. The molecule has 6 nitrogen and oxygen atoms in total. The average Bonchev–Trinajstić information content (AvgIpc) is 2.69. The van der Waals surface area contributed by atoms with E-state index in [9.17, 15) is 19.5 Å².